The predicted octanol–water partition coefficient (Wildman–Crippen LogP) is 4.86. The molecule has 0 aromatic heterocycles. The molecule has 1 unspecified atom stereocenters. The quantitative estimate of drug-likeness (QED) is 0.509. The maximum Gasteiger partial charge on any atom is 0.184 e. The molecule has 1 heterocycles. The number of hydrogen-bond donors (Lipinski definition) is 0. The van der Waals surface area contributed by atoms with Crippen molar-refractivity contribution in [3.8, 4) is 0 Å². The lowest BCUT2D eigenvalue weighted by molar-refractivity contribution is -0.248. The smallest absolute Gasteiger partial charge is 0.184 e. The molecule has 0 aliphatic carbocycles. The molecule has 0 spiro atoms. The zero-order valence-electron chi connectivity index (χ0n) is 14.6. The van der Waals surface area contributed by atoms with Crippen LogP contribution in [0, 0.1) is 0 Å². The van der Waals surface area contributed by atoms with Gasteiger partial charge in [0, 0.05) is 18.4 Å². The number of hydrogen-bond acceptors (Lipinski definition) is 3. The van der Waals surface area contributed by atoms with E-state index in [9.17, 15) is 4.79 Å². The SMILES string of the molecule is O=CC[C@H]1C[C@@H](CCCCc2ccccc2)OC(c2ccccc2)O1. The molecule has 0 N–H and O–H groups in total. The van der Waals surface area contributed by atoms with Crippen molar-refractivity contribution in [3.05, 3.63) is 71.8 Å². The first kappa shape index (κ1) is 17.8. The third-order valence-electron chi connectivity index (χ3n) is 4.67. The van der Waals surface area contributed by atoms with Crippen molar-refractivity contribution in [1.82, 2.24) is 0 Å². The molecular formula is C22H26O3. The average molecular weight is 338 g/mol. The average Bonchev–Trinajstić information content (AvgIpc) is 2.67. The van der Waals surface area contributed by atoms with Crippen molar-refractivity contribution in [2.45, 2.75) is 57.0 Å². The second kappa shape index (κ2) is 9.50. The highest BCUT2D eigenvalue weighted by molar-refractivity contribution is 5.50. The number of rotatable bonds is 8. The molecule has 3 heteroatoms. The summed E-state index contributed by atoms with van der Waals surface area (Å²) in [5, 5.41) is 0. The van der Waals surface area contributed by atoms with Gasteiger partial charge in [-0.25, -0.2) is 0 Å². The molecular weight excluding hydrogens is 312 g/mol. The van der Waals surface area contributed by atoms with Crippen LogP contribution in [0.1, 0.15) is 49.5 Å². The van der Waals surface area contributed by atoms with E-state index >= 15 is 0 Å². The van der Waals surface area contributed by atoms with Crippen LogP contribution >= 0.6 is 0 Å². The number of unbranched alkanes of at least 4 members (excludes halogenated alkanes) is 1. The van der Waals surface area contributed by atoms with E-state index in [1.165, 1.54) is 5.56 Å². The Morgan fingerprint density at radius 1 is 0.880 bits per heavy atom. The summed E-state index contributed by atoms with van der Waals surface area (Å²) in [5.74, 6) is 0. The maximum atomic E-state index is 10.9. The van der Waals surface area contributed by atoms with Crippen LogP contribution in [0.2, 0.25) is 0 Å². The number of benzene rings is 2. The molecule has 25 heavy (non-hydrogen) atoms. The van der Waals surface area contributed by atoms with E-state index in [4.69, 9.17) is 9.47 Å². The Balaban J connectivity index is 1.51. The minimum absolute atomic E-state index is 0.0458. The Bertz CT molecular complexity index is 626. The summed E-state index contributed by atoms with van der Waals surface area (Å²) in [4.78, 5) is 10.9. The summed E-state index contributed by atoms with van der Waals surface area (Å²) in [5.41, 5.74) is 2.41. The van der Waals surface area contributed by atoms with Crippen molar-refractivity contribution in [2.75, 3.05) is 0 Å². The number of carbonyl (C=O) groups excluding carboxylic acids is 1. The molecule has 1 aliphatic heterocycles. The molecule has 3 rings (SSSR count). The zero-order chi connectivity index (χ0) is 17.3. The lowest BCUT2D eigenvalue weighted by atomic mass is 10.00. The van der Waals surface area contributed by atoms with Crippen LogP contribution in [0.5, 0.6) is 0 Å². The number of aldehydes is 1. The van der Waals surface area contributed by atoms with Crippen molar-refractivity contribution in [3.63, 3.8) is 0 Å². The van der Waals surface area contributed by atoms with E-state index < -0.39 is 0 Å². The highest BCUT2D eigenvalue weighted by Crippen LogP contribution is 2.32. The minimum Gasteiger partial charge on any atom is -0.345 e. The highest BCUT2D eigenvalue weighted by Gasteiger charge is 2.30. The van der Waals surface area contributed by atoms with Gasteiger partial charge in [-0.05, 0) is 24.8 Å². The van der Waals surface area contributed by atoms with E-state index in [0.717, 1.165) is 44.0 Å². The summed E-state index contributed by atoms with van der Waals surface area (Å²) < 4.78 is 12.1. The Labute approximate surface area is 150 Å². The van der Waals surface area contributed by atoms with Crippen LogP contribution < -0.4 is 0 Å². The second-order valence-electron chi connectivity index (χ2n) is 6.63. The van der Waals surface area contributed by atoms with Crippen molar-refractivity contribution in [1.29, 1.82) is 0 Å². The van der Waals surface area contributed by atoms with Gasteiger partial charge in [-0.2, -0.15) is 0 Å². The van der Waals surface area contributed by atoms with Crippen LogP contribution in [-0.4, -0.2) is 18.5 Å². The van der Waals surface area contributed by atoms with Crippen LogP contribution in [0.3, 0.4) is 0 Å². The molecule has 2 aromatic carbocycles. The number of aryl methyl sites for hydroxylation is 1. The van der Waals surface area contributed by atoms with Gasteiger partial charge in [0.1, 0.15) is 6.29 Å². The molecule has 3 nitrogen and oxygen atoms in total. The minimum atomic E-state index is -0.362. The van der Waals surface area contributed by atoms with Crippen LogP contribution in [-0.2, 0) is 20.7 Å². The van der Waals surface area contributed by atoms with E-state index in [2.05, 4.69) is 30.3 Å². The Kier molecular flexibility index (Phi) is 6.78. The normalized spacial score (nSPS) is 23.3. The number of carbonyl (C=O) groups is 1. The number of ether oxygens (including phenoxy) is 2. The molecule has 3 atom stereocenters. The Morgan fingerprint density at radius 2 is 1.56 bits per heavy atom. The van der Waals surface area contributed by atoms with Gasteiger partial charge in [0.25, 0.3) is 0 Å². The summed E-state index contributed by atoms with van der Waals surface area (Å²) in [6, 6.07) is 20.6. The molecule has 2 aromatic rings. The van der Waals surface area contributed by atoms with E-state index in [1.54, 1.807) is 0 Å². The van der Waals surface area contributed by atoms with Gasteiger partial charge >= 0.3 is 0 Å². The fourth-order valence-corrected chi connectivity index (χ4v) is 3.34. The van der Waals surface area contributed by atoms with Gasteiger partial charge in [-0.1, -0.05) is 67.1 Å². The van der Waals surface area contributed by atoms with Crippen LogP contribution in [0.4, 0.5) is 0 Å². The van der Waals surface area contributed by atoms with Gasteiger partial charge in [0.05, 0.1) is 12.2 Å². The highest BCUT2D eigenvalue weighted by atomic mass is 16.7. The summed E-state index contributed by atoms with van der Waals surface area (Å²) in [6.07, 6.45) is 6.31. The van der Waals surface area contributed by atoms with E-state index in [0.29, 0.717) is 6.42 Å². The van der Waals surface area contributed by atoms with Crippen LogP contribution in [0.25, 0.3) is 0 Å². The molecule has 132 valence electrons. The fraction of sp³-hybridized carbons (Fsp3) is 0.409. The standard InChI is InChI=1S/C22H26O3/c23-16-15-21-17-20(14-8-7-11-18-9-3-1-4-10-18)24-22(25-21)19-12-5-2-6-13-19/h1-6,9-10,12-13,16,20-22H,7-8,11,14-15,17H2/t20-,21+,22?/m1/s1. The molecule has 0 saturated carbocycles. The lowest BCUT2D eigenvalue weighted by Gasteiger charge is -2.35. The molecule has 0 bridgehead atoms. The topological polar surface area (TPSA) is 35.5 Å². The molecule has 0 amide bonds. The van der Waals surface area contributed by atoms with Gasteiger partial charge in [0.15, 0.2) is 6.29 Å². The van der Waals surface area contributed by atoms with Gasteiger partial charge < -0.3 is 14.3 Å². The monoisotopic (exact) mass is 338 g/mol. The van der Waals surface area contributed by atoms with Gasteiger partial charge in [0.2, 0.25) is 0 Å². The fourth-order valence-electron chi connectivity index (χ4n) is 3.34. The molecule has 0 radical (unpaired) electrons. The largest absolute Gasteiger partial charge is 0.345 e. The third-order valence-corrected chi connectivity index (χ3v) is 4.67. The van der Waals surface area contributed by atoms with Crippen molar-refractivity contribution < 1.29 is 14.3 Å². The summed E-state index contributed by atoms with van der Waals surface area (Å²) in [7, 11) is 0. The molecule has 1 saturated heterocycles. The maximum absolute atomic E-state index is 10.9. The first-order valence-electron chi connectivity index (χ1n) is 9.18. The third kappa shape index (κ3) is 5.52. The first-order chi connectivity index (χ1) is 12.3. The summed E-state index contributed by atoms with van der Waals surface area (Å²) >= 11 is 0. The molecule has 1 aliphatic rings. The molecule has 1 fully saturated rings. The van der Waals surface area contributed by atoms with Crippen molar-refractivity contribution in [2.24, 2.45) is 0 Å². The lowest BCUT2D eigenvalue weighted by Crippen LogP contribution is -2.34. The van der Waals surface area contributed by atoms with Crippen molar-refractivity contribution >= 4 is 6.29 Å². The van der Waals surface area contributed by atoms with Gasteiger partial charge in [-0.3, -0.25) is 0 Å². The second-order valence-corrected chi connectivity index (χ2v) is 6.63. The Hall–Kier alpha value is -1.97. The Morgan fingerprint density at radius 3 is 2.28 bits per heavy atom. The van der Waals surface area contributed by atoms with Crippen LogP contribution in [0.15, 0.2) is 60.7 Å². The zero-order valence-corrected chi connectivity index (χ0v) is 14.6. The van der Waals surface area contributed by atoms with Gasteiger partial charge in [-0.15, -0.1) is 0 Å². The summed E-state index contributed by atoms with van der Waals surface area (Å²) in [6.45, 7) is 0. The first-order valence-corrected chi connectivity index (χ1v) is 9.18. The van der Waals surface area contributed by atoms with E-state index in [-0.39, 0.29) is 18.5 Å². The predicted molar refractivity (Wildman–Crippen MR) is 98.2 cm³/mol. The van der Waals surface area contributed by atoms with E-state index in [1.807, 2.05) is 30.3 Å².